The number of hydrogen-bond donors (Lipinski definition) is 0. The van der Waals surface area contributed by atoms with Gasteiger partial charge in [-0.05, 0) is 27.2 Å². The molecule has 2 aliphatic heterocycles. The minimum atomic E-state index is -3.19. The second-order valence-electron chi connectivity index (χ2n) is 6.74. The summed E-state index contributed by atoms with van der Waals surface area (Å²) >= 11 is 0. The van der Waals surface area contributed by atoms with E-state index in [4.69, 9.17) is 9.26 Å². The van der Waals surface area contributed by atoms with E-state index in [9.17, 15) is 8.42 Å². The molecule has 136 valence electrons. The first-order valence-electron chi connectivity index (χ1n) is 8.63. The quantitative estimate of drug-likeness (QED) is 0.805. The topological polar surface area (TPSA) is 75.9 Å². The fraction of sp³-hybridized carbons (Fsp3) is 0.812. The number of hydrogen-bond acceptors (Lipinski definition) is 6. The monoisotopic (exact) mass is 357 g/mol. The summed E-state index contributed by atoms with van der Waals surface area (Å²) in [5.74, 6) is 1.23. The molecule has 0 spiro atoms. The average molecular weight is 357 g/mol. The summed E-state index contributed by atoms with van der Waals surface area (Å²) in [6.45, 7) is 9.70. The van der Waals surface area contributed by atoms with Crippen molar-refractivity contribution in [1.82, 2.24) is 14.4 Å². The number of ether oxygens (including phenoxy) is 1. The van der Waals surface area contributed by atoms with E-state index in [0.29, 0.717) is 19.8 Å². The van der Waals surface area contributed by atoms with E-state index in [1.165, 1.54) is 0 Å². The highest BCUT2D eigenvalue weighted by Gasteiger charge is 2.39. The Balaban J connectivity index is 1.73. The van der Waals surface area contributed by atoms with Gasteiger partial charge in [0.05, 0.1) is 24.7 Å². The normalized spacial score (nSPS) is 27.0. The van der Waals surface area contributed by atoms with E-state index in [-0.39, 0.29) is 17.7 Å². The number of aromatic nitrogens is 1. The number of sulfonamides is 1. The van der Waals surface area contributed by atoms with Gasteiger partial charge in [-0.3, -0.25) is 4.90 Å². The second kappa shape index (κ2) is 7.11. The Hall–Kier alpha value is -0.960. The average Bonchev–Trinajstić information content (AvgIpc) is 2.78. The van der Waals surface area contributed by atoms with E-state index < -0.39 is 10.0 Å². The van der Waals surface area contributed by atoms with Crippen molar-refractivity contribution in [3.8, 4) is 0 Å². The van der Waals surface area contributed by atoms with Crippen molar-refractivity contribution in [3.63, 3.8) is 0 Å². The number of aryl methyl sites for hydroxylation is 2. The van der Waals surface area contributed by atoms with Crippen LogP contribution in [0.25, 0.3) is 0 Å². The van der Waals surface area contributed by atoms with Gasteiger partial charge in [-0.25, -0.2) is 8.42 Å². The van der Waals surface area contributed by atoms with E-state index in [2.05, 4.69) is 10.1 Å². The summed E-state index contributed by atoms with van der Waals surface area (Å²) in [5.41, 5.74) is 2.07. The summed E-state index contributed by atoms with van der Waals surface area (Å²) in [5, 5.41) is 4.02. The zero-order valence-corrected chi connectivity index (χ0v) is 15.5. The Morgan fingerprint density at radius 2 is 2.08 bits per heavy atom. The van der Waals surface area contributed by atoms with Gasteiger partial charge in [0.25, 0.3) is 0 Å². The fourth-order valence-corrected chi connectivity index (χ4v) is 5.17. The van der Waals surface area contributed by atoms with Crippen molar-refractivity contribution in [3.05, 3.63) is 17.0 Å². The zero-order chi connectivity index (χ0) is 17.3. The molecule has 0 N–H and O–H groups in total. The summed E-state index contributed by atoms with van der Waals surface area (Å²) in [7, 11) is -3.19. The van der Waals surface area contributed by atoms with Crippen LogP contribution in [-0.4, -0.2) is 67.4 Å². The molecule has 2 fully saturated rings. The Morgan fingerprint density at radius 3 is 2.75 bits per heavy atom. The van der Waals surface area contributed by atoms with Crippen LogP contribution in [0.3, 0.4) is 0 Å². The predicted octanol–water partition coefficient (Wildman–Crippen LogP) is 1.16. The number of nitrogens with zero attached hydrogens (tertiary/aromatic N) is 3. The summed E-state index contributed by atoms with van der Waals surface area (Å²) < 4.78 is 37.5. The van der Waals surface area contributed by atoms with Crippen LogP contribution >= 0.6 is 0 Å². The summed E-state index contributed by atoms with van der Waals surface area (Å²) in [6, 6.07) is 0.0540. The maximum absolute atomic E-state index is 12.4. The summed E-state index contributed by atoms with van der Waals surface area (Å²) in [6.07, 6.45) is 0.844. The molecule has 0 unspecified atom stereocenters. The fourth-order valence-electron chi connectivity index (χ4n) is 3.80. The van der Waals surface area contributed by atoms with Crippen LogP contribution in [0.5, 0.6) is 0 Å². The van der Waals surface area contributed by atoms with Crippen molar-refractivity contribution in [2.75, 3.05) is 38.6 Å². The molecular formula is C16H27N3O4S. The third-order valence-electron chi connectivity index (χ3n) is 5.22. The molecule has 0 radical (unpaired) electrons. The van der Waals surface area contributed by atoms with Crippen LogP contribution in [0.1, 0.15) is 30.4 Å². The van der Waals surface area contributed by atoms with Gasteiger partial charge in [0.1, 0.15) is 5.76 Å². The molecular weight excluding hydrogens is 330 g/mol. The van der Waals surface area contributed by atoms with Crippen molar-refractivity contribution in [2.45, 2.75) is 39.8 Å². The molecule has 0 aromatic carbocycles. The molecule has 2 saturated heterocycles. The van der Waals surface area contributed by atoms with Crippen LogP contribution in [0.2, 0.25) is 0 Å². The molecule has 3 rings (SSSR count). The first-order chi connectivity index (χ1) is 11.4. The van der Waals surface area contributed by atoms with Crippen LogP contribution in [0, 0.1) is 19.8 Å². The van der Waals surface area contributed by atoms with Gasteiger partial charge in [0.15, 0.2) is 0 Å². The molecule has 8 heteroatoms. The lowest BCUT2D eigenvalue weighted by atomic mass is 9.92. The maximum atomic E-state index is 12.4. The molecule has 0 amide bonds. The lowest BCUT2D eigenvalue weighted by molar-refractivity contribution is 0.0610. The van der Waals surface area contributed by atoms with Gasteiger partial charge in [-0.1, -0.05) is 5.16 Å². The highest BCUT2D eigenvalue weighted by Crippen LogP contribution is 2.28. The predicted molar refractivity (Wildman–Crippen MR) is 90.1 cm³/mol. The molecule has 7 nitrogen and oxygen atoms in total. The third kappa shape index (κ3) is 3.51. The SMILES string of the molecule is CCS(=O)(=O)N1CCOC[C@H]2CN(Cc3c(C)noc3C)CC[C@H]21. The minimum absolute atomic E-state index is 0.0540. The molecule has 2 atom stereocenters. The van der Waals surface area contributed by atoms with Gasteiger partial charge in [-0.2, -0.15) is 4.31 Å². The van der Waals surface area contributed by atoms with Crippen LogP contribution in [-0.2, 0) is 21.3 Å². The highest BCUT2D eigenvalue weighted by molar-refractivity contribution is 7.89. The minimum Gasteiger partial charge on any atom is -0.380 e. The Kier molecular flexibility index (Phi) is 5.29. The number of fused-ring (bicyclic) bond motifs is 1. The molecule has 24 heavy (non-hydrogen) atoms. The van der Waals surface area contributed by atoms with E-state index in [1.54, 1.807) is 11.2 Å². The first-order valence-corrected chi connectivity index (χ1v) is 10.2. The van der Waals surface area contributed by atoms with Gasteiger partial charge in [0.2, 0.25) is 10.0 Å². The molecule has 1 aromatic heterocycles. The van der Waals surface area contributed by atoms with Crippen molar-refractivity contribution < 1.29 is 17.7 Å². The highest BCUT2D eigenvalue weighted by atomic mass is 32.2. The molecule has 3 heterocycles. The molecule has 0 bridgehead atoms. The first kappa shape index (κ1) is 17.8. The second-order valence-corrected chi connectivity index (χ2v) is 8.95. The lowest BCUT2D eigenvalue weighted by Crippen LogP contribution is -2.53. The van der Waals surface area contributed by atoms with E-state index in [1.807, 2.05) is 13.8 Å². The summed E-state index contributed by atoms with van der Waals surface area (Å²) in [4.78, 5) is 2.36. The smallest absolute Gasteiger partial charge is 0.214 e. The van der Waals surface area contributed by atoms with Crippen molar-refractivity contribution >= 4 is 10.0 Å². The number of rotatable bonds is 4. The number of piperidine rings is 1. The van der Waals surface area contributed by atoms with Gasteiger partial charge < -0.3 is 9.26 Å². The van der Waals surface area contributed by atoms with Crippen LogP contribution in [0.15, 0.2) is 4.52 Å². The molecule has 2 aliphatic rings. The maximum Gasteiger partial charge on any atom is 0.214 e. The molecule has 0 saturated carbocycles. The Labute approximate surface area is 144 Å². The Morgan fingerprint density at radius 1 is 1.29 bits per heavy atom. The van der Waals surface area contributed by atoms with Crippen molar-refractivity contribution in [2.24, 2.45) is 5.92 Å². The lowest BCUT2D eigenvalue weighted by Gasteiger charge is -2.41. The zero-order valence-electron chi connectivity index (χ0n) is 14.7. The standard InChI is InChI=1S/C16H27N3O4S/c1-4-24(20,21)19-7-8-22-11-14-9-18(6-5-16(14)19)10-15-12(2)17-23-13(15)3/h14,16H,4-11H2,1-3H3/t14-,16-/m1/s1. The Bertz CT molecular complexity index is 653. The van der Waals surface area contributed by atoms with Crippen molar-refractivity contribution in [1.29, 1.82) is 0 Å². The largest absolute Gasteiger partial charge is 0.380 e. The van der Waals surface area contributed by atoms with Gasteiger partial charge >= 0.3 is 0 Å². The van der Waals surface area contributed by atoms with E-state index >= 15 is 0 Å². The molecule has 0 aliphatic carbocycles. The number of likely N-dealkylation sites (tertiary alicyclic amines) is 1. The van der Waals surface area contributed by atoms with Crippen LogP contribution in [0.4, 0.5) is 0 Å². The van der Waals surface area contributed by atoms with Crippen LogP contribution < -0.4 is 0 Å². The van der Waals surface area contributed by atoms with Gasteiger partial charge in [0, 0.05) is 43.7 Å². The van der Waals surface area contributed by atoms with Gasteiger partial charge in [-0.15, -0.1) is 0 Å². The van der Waals surface area contributed by atoms with E-state index in [0.717, 1.165) is 43.1 Å². The molecule has 1 aromatic rings. The third-order valence-corrected chi connectivity index (χ3v) is 7.12.